The second kappa shape index (κ2) is 8.58. The monoisotopic (exact) mass is 287 g/mol. The molecule has 1 aromatic rings. The Balaban J connectivity index is 1.71. The van der Waals surface area contributed by atoms with Crippen LogP contribution in [0.15, 0.2) is 24.3 Å². The van der Waals surface area contributed by atoms with Gasteiger partial charge < -0.3 is 5.32 Å². The normalized spacial score (nSPS) is 22.7. The SMILES string of the molecule is CCCC1CCC(NCc2ccc(CC(C)C)cc2)CC1. The molecule has 0 aliphatic heterocycles. The molecule has 0 atom stereocenters. The van der Waals surface area contributed by atoms with Gasteiger partial charge >= 0.3 is 0 Å². The topological polar surface area (TPSA) is 12.0 Å². The van der Waals surface area contributed by atoms with Gasteiger partial charge in [-0.2, -0.15) is 0 Å². The zero-order valence-corrected chi connectivity index (χ0v) is 14.2. The molecular formula is C20H33N. The highest BCUT2D eigenvalue weighted by Crippen LogP contribution is 2.27. The molecule has 0 unspecified atom stereocenters. The van der Waals surface area contributed by atoms with Crippen molar-refractivity contribution in [3.63, 3.8) is 0 Å². The molecule has 21 heavy (non-hydrogen) atoms. The molecule has 0 radical (unpaired) electrons. The maximum atomic E-state index is 3.76. The average molecular weight is 287 g/mol. The van der Waals surface area contributed by atoms with Crippen LogP contribution in [0.25, 0.3) is 0 Å². The summed E-state index contributed by atoms with van der Waals surface area (Å²) in [5.74, 6) is 1.75. The maximum absolute atomic E-state index is 3.76. The van der Waals surface area contributed by atoms with E-state index in [1.165, 1.54) is 56.1 Å². The number of hydrogen-bond donors (Lipinski definition) is 1. The third-order valence-electron chi connectivity index (χ3n) is 4.81. The molecule has 118 valence electrons. The van der Waals surface area contributed by atoms with E-state index in [4.69, 9.17) is 0 Å². The van der Waals surface area contributed by atoms with Gasteiger partial charge in [-0.1, -0.05) is 57.9 Å². The minimum atomic E-state index is 0.743. The first-order valence-corrected chi connectivity index (χ1v) is 8.98. The van der Waals surface area contributed by atoms with Crippen molar-refractivity contribution < 1.29 is 0 Å². The Morgan fingerprint density at radius 1 is 1.00 bits per heavy atom. The van der Waals surface area contributed by atoms with E-state index in [1.807, 2.05) is 0 Å². The standard InChI is InChI=1S/C20H33N/c1-4-5-17-10-12-20(13-11-17)21-15-19-8-6-18(7-9-19)14-16(2)3/h6-9,16-17,20-21H,4-5,10-15H2,1-3H3. The van der Waals surface area contributed by atoms with Crippen LogP contribution in [0, 0.1) is 11.8 Å². The molecule has 1 N–H and O–H groups in total. The number of nitrogens with one attached hydrogen (secondary N) is 1. The van der Waals surface area contributed by atoms with Crippen LogP contribution in [-0.4, -0.2) is 6.04 Å². The Morgan fingerprint density at radius 2 is 1.62 bits per heavy atom. The highest BCUT2D eigenvalue weighted by molar-refractivity contribution is 5.22. The molecule has 0 heterocycles. The van der Waals surface area contributed by atoms with Crippen LogP contribution < -0.4 is 5.32 Å². The molecule has 2 rings (SSSR count). The second-order valence-corrected chi connectivity index (χ2v) is 7.30. The second-order valence-electron chi connectivity index (χ2n) is 7.30. The van der Waals surface area contributed by atoms with Gasteiger partial charge in [0, 0.05) is 12.6 Å². The van der Waals surface area contributed by atoms with E-state index >= 15 is 0 Å². The molecular weight excluding hydrogens is 254 g/mol. The number of hydrogen-bond acceptors (Lipinski definition) is 1. The summed E-state index contributed by atoms with van der Waals surface area (Å²) in [5, 5.41) is 3.76. The van der Waals surface area contributed by atoms with Crippen LogP contribution in [0.1, 0.15) is 70.4 Å². The highest BCUT2D eigenvalue weighted by Gasteiger charge is 2.19. The van der Waals surface area contributed by atoms with Crippen LogP contribution in [0.3, 0.4) is 0 Å². The van der Waals surface area contributed by atoms with Crippen molar-refractivity contribution >= 4 is 0 Å². The van der Waals surface area contributed by atoms with Crippen molar-refractivity contribution in [2.45, 2.75) is 78.3 Å². The highest BCUT2D eigenvalue weighted by atomic mass is 14.9. The maximum Gasteiger partial charge on any atom is 0.0208 e. The van der Waals surface area contributed by atoms with Crippen LogP contribution in [-0.2, 0) is 13.0 Å². The van der Waals surface area contributed by atoms with Gasteiger partial charge in [0.05, 0.1) is 0 Å². The van der Waals surface area contributed by atoms with Gasteiger partial charge in [0.15, 0.2) is 0 Å². The Labute approximate surface area is 131 Å². The number of benzene rings is 1. The summed E-state index contributed by atoms with van der Waals surface area (Å²) in [5.41, 5.74) is 2.90. The molecule has 0 bridgehead atoms. The van der Waals surface area contributed by atoms with E-state index in [1.54, 1.807) is 0 Å². The Kier molecular flexibility index (Phi) is 6.76. The lowest BCUT2D eigenvalue weighted by molar-refractivity contribution is 0.277. The van der Waals surface area contributed by atoms with Gasteiger partial charge in [-0.15, -0.1) is 0 Å². The van der Waals surface area contributed by atoms with E-state index in [0.717, 1.165) is 24.4 Å². The van der Waals surface area contributed by atoms with Gasteiger partial charge in [0.1, 0.15) is 0 Å². The fourth-order valence-electron chi connectivity index (χ4n) is 3.59. The Bertz CT molecular complexity index is 385. The van der Waals surface area contributed by atoms with Crippen LogP contribution in [0.5, 0.6) is 0 Å². The predicted octanol–water partition coefficient (Wildman–Crippen LogP) is 5.33. The summed E-state index contributed by atoms with van der Waals surface area (Å²) in [6.07, 6.45) is 9.58. The fraction of sp³-hybridized carbons (Fsp3) is 0.700. The van der Waals surface area contributed by atoms with Crippen molar-refractivity contribution in [3.05, 3.63) is 35.4 Å². The quantitative estimate of drug-likeness (QED) is 0.714. The van der Waals surface area contributed by atoms with Crippen molar-refractivity contribution in [2.24, 2.45) is 11.8 Å². The summed E-state index contributed by atoms with van der Waals surface area (Å²) >= 11 is 0. The van der Waals surface area contributed by atoms with Crippen molar-refractivity contribution in [1.82, 2.24) is 5.32 Å². The molecule has 1 fully saturated rings. The van der Waals surface area contributed by atoms with E-state index < -0.39 is 0 Å². The van der Waals surface area contributed by atoms with Gasteiger partial charge in [0.25, 0.3) is 0 Å². The van der Waals surface area contributed by atoms with E-state index in [9.17, 15) is 0 Å². The first-order valence-electron chi connectivity index (χ1n) is 8.98. The first kappa shape index (κ1) is 16.5. The van der Waals surface area contributed by atoms with Crippen molar-refractivity contribution in [1.29, 1.82) is 0 Å². The van der Waals surface area contributed by atoms with Crippen molar-refractivity contribution in [3.8, 4) is 0 Å². The molecule has 1 aliphatic rings. The van der Waals surface area contributed by atoms with Gasteiger partial charge in [-0.3, -0.25) is 0 Å². The minimum Gasteiger partial charge on any atom is -0.310 e. The summed E-state index contributed by atoms with van der Waals surface area (Å²) in [6, 6.07) is 9.94. The summed E-state index contributed by atoms with van der Waals surface area (Å²) in [4.78, 5) is 0. The van der Waals surface area contributed by atoms with Gasteiger partial charge in [-0.05, 0) is 55.1 Å². The zero-order valence-electron chi connectivity index (χ0n) is 14.2. The molecule has 1 aliphatic carbocycles. The summed E-state index contributed by atoms with van der Waals surface area (Å²) < 4.78 is 0. The van der Waals surface area contributed by atoms with Gasteiger partial charge in [-0.25, -0.2) is 0 Å². The lowest BCUT2D eigenvalue weighted by Crippen LogP contribution is -2.32. The minimum absolute atomic E-state index is 0.743. The Hall–Kier alpha value is -0.820. The first-order chi connectivity index (χ1) is 10.2. The molecule has 1 aromatic carbocycles. The van der Waals surface area contributed by atoms with E-state index in [2.05, 4.69) is 50.4 Å². The van der Waals surface area contributed by atoms with E-state index in [-0.39, 0.29) is 0 Å². The lowest BCUT2D eigenvalue weighted by Gasteiger charge is -2.29. The fourth-order valence-corrected chi connectivity index (χ4v) is 3.59. The third kappa shape index (κ3) is 5.82. The third-order valence-corrected chi connectivity index (χ3v) is 4.81. The molecule has 0 spiro atoms. The molecule has 0 saturated heterocycles. The molecule has 0 amide bonds. The molecule has 1 saturated carbocycles. The lowest BCUT2D eigenvalue weighted by atomic mass is 9.83. The largest absolute Gasteiger partial charge is 0.310 e. The zero-order chi connectivity index (χ0) is 15.1. The molecule has 1 nitrogen and oxygen atoms in total. The average Bonchev–Trinajstić information content (AvgIpc) is 2.48. The number of rotatable bonds is 7. The van der Waals surface area contributed by atoms with Crippen LogP contribution in [0.4, 0.5) is 0 Å². The predicted molar refractivity (Wildman–Crippen MR) is 92.5 cm³/mol. The van der Waals surface area contributed by atoms with Crippen LogP contribution in [0.2, 0.25) is 0 Å². The summed E-state index contributed by atoms with van der Waals surface area (Å²) in [7, 11) is 0. The summed E-state index contributed by atoms with van der Waals surface area (Å²) in [6.45, 7) is 7.91. The van der Waals surface area contributed by atoms with Crippen molar-refractivity contribution in [2.75, 3.05) is 0 Å². The Morgan fingerprint density at radius 3 is 2.19 bits per heavy atom. The smallest absolute Gasteiger partial charge is 0.0208 e. The molecule has 1 heteroatoms. The van der Waals surface area contributed by atoms with E-state index in [0.29, 0.717) is 0 Å². The van der Waals surface area contributed by atoms with Crippen LogP contribution >= 0.6 is 0 Å². The van der Waals surface area contributed by atoms with Gasteiger partial charge in [0.2, 0.25) is 0 Å². The molecule has 0 aromatic heterocycles.